The Kier molecular flexibility index (Phi) is 14.6. The van der Waals surface area contributed by atoms with Gasteiger partial charge >= 0.3 is 10.4 Å². The zero-order valence-corrected chi connectivity index (χ0v) is 36.7. The van der Waals surface area contributed by atoms with Crippen molar-refractivity contribution < 1.29 is 71.1 Å². The van der Waals surface area contributed by atoms with Crippen molar-refractivity contribution in [3.63, 3.8) is 0 Å². The van der Waals surface area contributed by atoms with Crippen molar-refractivity contribution >= 4 is 10.4 Å². The van der Waals surface area contributed by atoms with Crippen LogP contribution in [0, 0.1) is 46.3 Å². The number of aliphatic hydroxyl groups excluding tert-OH is 6. The van der Waals surface area contributed by atoms with Crippen LogP contribution in [-0.2, 0) is 37.8 Å². The van der Waals surface area contributed by atoms with Gasteiger partial charge in [-0.15, -0.1) is 0 Å². The standard InChI is InChI=1S/C42H74NO14S/c1-23(2)10-9-11-24(3)28-14-15-29-27-13-12-25-20-26(16-18-41(25,4)30(27)17-19-42(28,29)5)53-39-37(49)35(47)38(31(21-44)54-39)56-40-36(48)34(46)33(45)32(55-40)22-52-58(50,51)57-43(6,7)8/h12,23-24,26-40,44-49H,9-11,13-22H2,1-8H3/q+1/t24-,26+,27+,28-,29+,30+,31-,32-,33-,34+,35-,36-,37-,38-,39-,40+,41+,42-/m1/s1. The lowest BCUT2D eigenvalue weighted by Gasteiger charge is -2.58. The molecule has 0 aromatic carbocycles. The maximum atomic E-state index is 12.3. The maximum absolute atomic E-state index is 12.3. The molecule has 2 aliphatic heterocycles. The lowest BCUT2D eigenvalue weighted by Crippen LogP contribution is -2.65. The molecule has 0 spiro atoms. The summed E-state index contributed by atoms with van der Waals surface area (Å²) in [5.74, 6) is 4.39. The molecule has 0 radical (unpaired) electrons. The van der Waals surface area contributed by atoms with E-state index in [1.165, 1.54) is 71.7 Å². The summed E-state index contributed by atoms with van der Waals surface area (Å²) >= 11 is 0. The van der Waals surface area contributed by atoms with Crippen molar-refractivity contribution in [2.75, 3.05) is 34.4 Å². The van der Waals surface area contributed by atoms with E-state index in [0.29, 0.717) is 23.7 Å². The van der Waals surface area contributed by atoms with E-state index in [0.717, 1.165) is 42.9 Å². The van der Waals surface area contributed by atoms with E-state index < -0.39 is 89.7 Å². The number of quaternary nitrogens is 1. The van der Waals surface area contributed by atoms with Crippen molar-refractivity contribution in [2.45, 2.75) is 173 Å². The van der Waals surface area contributed by atoms with E-state index in [2.05, 4.69) is 40.7 Å². The number of ether oxygens (including phenoxy) is 4. The molecule has 0 unspecified atom stereocenters. The molecule has 336 valence electrons. The number of hydroxylamine groups is 3. The highest BCUT2D eigenvalue weighted by Crippen LogP contribution is 2.67. The van der Waals surface area contributed by atoms with Crippen LogP contribution in [0.2, 0.25) is 0 Å². The summed E-state index contributed by atoms with van der Waals surface area (Å²) in [6.07, 6.45) is -1.25. The first-order valence-corrected chi connectivity index (χ1v) is 23.2. The fourth-order valence-corrected chi connectivity index (χ4v) is 12.9. The van der Waals surface area contributed by atoms with Crippen molar-refractivity contribution in [3.8, 4) is 0 Å². The van der Waals surface area contributed by atoms with Crippen LogP contribution in [0.15, 0.2) is 11.6 Å². The van der Waals surface area contributed by atoms with Crippen LogP contribution in [-0.4, -0.2) is 146 Å². The third-order valence-corrected chi connectivity index (χ3v) is 16.1. The van der Waals surface area contributed by atoms with Gasteiger partial charge in [-0.3, -0.25) is 0 Å². The Hall–Kier alpha value is -0.830. The summed E-state index contributed by atoms with van der Waals surface area (Å²) in [6, 6.07) is 0. The Balaban J connectivity index is 1.06. The van der Waals surface area contributed by atoms with Gasteiger partial charge < -0.3 is 49.6 Å². The molecule has 58 heavy (non-hydrogen) atoms. The highest BCUT2D eigenvalue weighted by molar-refractivity contribution is 7.81. The van der Waals surface area contributed by atoms with Crippen molar-refractivity contribution in [1.29, 1.82) is 0 Å². The number of nitrogens with zero attached hydrogens (tertiary/aromatic N) is 1. The third kappa shape index (κ3) is 9.70. The Morgan fingerprint density at radius 3 is 2.17 bits per heavy atom. The zero-order chi connectivity index (χ0) is 42.5. The van der Waals surface area contributed by atoms with Gasteiger partial charge in [-0.2, -0.15) is 13.1 Å². The summed E-state index contributed by atoms with van der Waals surface area (Å²) in [7, 11) is -0.248. The molecule has 6 rings (SSSR count). The summed E-state index contributed by atoms with van der Waals surface area (Å²) < 4.78 is 57.6. The first kappa shape index (κ1) is 46.7. The molecule has 4 aliphatic carbocycles. The molecule has 6 aliphatic rings. The summed E-state index contributed by atoms with van der Waals surface area (Å²) in [5, 5.41) is 64.7. The van der Waals surface area contributed by atoms with Crippen molar-refractivity contribution in [1.82, 2.24) is 0 Å². The molecule has 15 nitrogen and oxygen atoms in total. The molecule has 0 aromatic rings. The van der Waals surface area contributed by atoms with E-state index in [1.54, 1.807) is 0 Å². The van der Waals surface area contributed by atoms with Gasteiger partial charge in [-0.25, -0.2) is 4.18 Å². The number of hydrogen-bond donors (Lipinski definition) is 6. The van der Waals surface area contributed by atoms with Gasteiger partial charge in [0.15, 0.2) is 12.6 Å². The molecule has 5 fully saturated rings. The summed E-state index contributed by atoms with van der Waals surface area (Å²) in [5.41, 5.74) is 1.88. The Bertz CT molecular complexity index is 1520. The normalized spacial score (nSPS) is 45.3. The molecule has 6 N–H and O–H groups in total. The van der Waals surface area contributed by atoms with Gasteiger partial charge in [0.1, 0.15) is 48.8 Å². The molecule has 3 saturated carbocycles. The molecule has 16 heteroatoms. The van der Waals surface area contributed by atoms with E-state index in [-0.39, 0.29) is 11.5 Å². The average Bonchev–Trinajstić information content (AvgIpc) is 3.50. The topological polar surface area (TPSA) is 211 Å². The van der Waals surface area contributed by atoms with Crippen LogP contribution >= 0.6 is 0 Å². The predicted octanol–water partition coefficient (Wildman–Crippen LogP) is 2.94. The fraction of sp³-hybridized carbons (Fsp3) is 0.952. The number of allylic oxidation sites excluding steroid dienone is 1. The largest absolute Gasteiger partial charge is 0.444 e. The minimum absolute atomic E-state index is 0.0775. The maximum Gasteiger partial charge on any atom is 0.444 e. The summed E-state index contributed by atoms with van der Waals surface area (Å²) in [4.78, 5) is 0. The van der Waals surface area contributed by atoms with Gasteiger partial charge in [0, 0.05) is 0 Å². The number of aliphatic hydroxyl groups is 6. The minimum Gasteiger partial charge on any atom is -0.394 e. The van der Waals surface area contributed by atoms with Crippen LogP contribution in [0.1, 0.15) is 105 Å². The van der Waals surface area contributed by atoms with Crippen LogP contribution in [0.4, 0.5) is 0 Å². The molecular formula is C42H74NO14S+. The van der Waals surface area contributed by atoms with Gasteiger partial charge in [0.2, 0.25) is 0 Å². The van der Waals surface area contributed by atoms with E-state index in [4.69, 9.17) is 27.4 Å². The second-order valence-electron chi connectivity index (χ2n) is 20.3. The molecular weight excluding hydrogens is 775 g/mol. The highest BCUT2D eigenvalue weighted by Gasteiger charge is 2.60. The highest BCUT2D eigenvalue weighted by atomic mass is 32.3. The van der Waals surface area contributed by atoms with Crippen LogP contribution in [0.3, 0.4) is 0 Å². The van der Waals surface area contributed by atoms with Crippen molar-refractivity contribution in [2.24, 2.45) is 46.3 Å². The lowest BCUT2D eigenvalue weighted by atomic mass is 9.47. The molecule has 0 bridgehead atoms. The van der Waals surface area contributed by atoms with E-state index in [9.17, 15) is 39.1 Å². The molecule has 0 aromatic heterocycles. The second kappa shape index (κ2) is 18.1. The van der Waals surface area contributed by atoms with Gasteiger partial charge in [0.05, 0.1) is 40.5 Å². The first-order chi connectivity index (χ1) is 27.1. The second-order valence-corrected chi connectivity index (χ2v) is 21.5. The van der Waals surface area contributed by atoms with Crippen molar-refractivity contribution in [3.05, 3.63) is 11.6 Å². The number of rotatable bonds is 15. The predicted molar refractivity (Wildman–Crippen MR) is 211 cm³/mol. The SMILES string of the molecule is CC(C)CCC[C@@H](C)[C@H]1CC[C@H]2[C@@H]3CC=C4C[C@@H](O[C@@H]5O[C@H](CO)[C@@H](O[C@@H]6O[C@H](COS(=O)(=O)O[N+](C)(C)C)[C@@H](O)[C@H](O)[C@H]6O)[C@H](O)[C@H]5O)CC[C@]4(C)[C@H]3CC[C@]12C. The Morgan fingerprint density at radius 2 is 1.50 bits per heavy atom. The molecule has 2 saturated heterocycles. The number of hydrogen-bond acceptors (Lipinski definition) is 14. The third-order valence-electron chi connectivity index (χ3n) is 15.1. The molecule has 18 atom stereocenters. The van der Waals surface area contributed by atoms with Gasteiger partial charge in [0.25, 0.3) is 0 Å². The van der Waals surface area contributed by atoms with Crippen LogP contribution in [0.5, 0.6) is 0 Å². The Morgan fingerprint density at radius 1 is 0.828 bits per heavy atom. The minimum atomic E-state index is -4.56. The first-order valence-electron chi connectivity index (χ1n) is 21.8. The van der Waals surface area contributed by atoms with Crippen LogP contribution in [0.25, 0.3) is 0 Å². The lowest BCUT2D eigenvalue weighted by molar-refractivity contribution is -1.03. The van der Waals surface area contributed by atoms with E-state index in [1.807, 2.05) is 0 Å². The fourth-order valence-electron chi connectivity index (χ4n) is 12.1. The van der Waals surface area contributed by atoms with Gasteiger partial charge in [-0.1, -0.05) is 65.5 Å². The molecule has 0 amide bonds. The number of fused-ring (bicyclic) bond motifs is 5. The smallest absolute Gasteiger partial charge is 0.394 e. The summed E-state index contributed by atoms with van der Waals surface area (Å²) in [6.45, 7) is 10.7. The Labute approximate surface area is 345 Å². The van der Waals surface area contributed by atoms with E-state index >= 15 is 0 Å². The monoisotopic (exact) mass is 848 g/mol. The quantitative estimate of drug-likeness (QED) is 0.0796. The average molecular weight is 849 g/mol. The van der Waals surface area contributed by atoms with Gasteiger partial charge in [-0.05, 0) is 102 Å². The zero-order valence-electron chi connectivity index (χ0n) is 35.9. The molecule has 2 heterocycles. The van der Waals surface area contributed by atoms with Crippen LogP contribution < -0.4 is 0 Å².